The molecule has 0 bridgehead atoms. The fourth-order valence-corrected chi connectivity index (χ4v) is 0. The summed E-state index contributed by atoms with van der Waals surface area (Å²) in [6, 6.07) is 0. The highest BCUT2D eigenvalue weighted by Gasteiger charge is 1.85. The smallest absolute Gasteiger partial charge is 0.154 e. The van der Waals surface area contributed by atoms with Crippen molar-refractivity contribution in [1.82, 2.24) is 0 Å². The van der Waals surface area contributed by atoms with E-state index in [1.807, 2.05) is 0 Å². The van der Waals surface area contributed by atoms with Gasteiger partial charge in [0.25, 0.3) is 0 Å². The van der Waals surface area contributed by atoms with Crippen LogP contribution in [0.3, 0.4) is 0 Å². The summed E-state index contributed by atoms with van der Waals surface area (Å²) in [7, 11) is 0. The number of hydrogen-bond acceptors (Lipinski definition) is 2. The van der Waals surface area contributed by atoms with Gasteiger partial charge in [-0.3, -0.25) is 9.59 Å². The minimum absolute atomic E-state index is 0. The monoisotopic (exact) mass is 214 g/mol. The van der Waals surface area contributed by atoms with Gasteiger partial charge in [-0.2, -0.15) is 0 Å². The third-order valence-corrected chi connectivity index (χ3v) is 0.888. The standard InChI is InChI=1S/C5H8O.C4H6O.C3H8.CH4/c1-4(2)5(3)6;1-3-4(2)5;1-3-2;/h1H2,2-3H3;3H,1H2,2H3;3H2,1-2H3;1H4. The first-order valence-electron chi connectivity index (χ1n) is 4.62. The Labute approximate surface area is 95.1 Å². The zero-order valence-corrected chi connectivity index (χ0v) is 10.0. The molecule has 0 unspecified atom stereocenters. The molecule has 0 aliphatic rings. The van der Waals surface area contributed by atoms with Crippen molar-refractivity contribution in [2.24, 2.45) is 0 Å². The van der Waals surface area contributed by atoms with Crippen molar-refractivity contribution < 1.29 is 9.59 Å². The topological polar surface area (TPSA) is 34.1 Å². The van der Waals surface area contributed by atoms with E-state index in [0.717, 1.165) is 0 Å². The Morgan fingerprint density at radius 3 is 1.27 bits per heavy atom. The number of rotatable bonds is 2. The molecule has 0 saturated heterocycles. The van der Waals surface area contributed by atoms with Crippen molar-refractivity contribution in [1.29, 1.82) is 0 Å². The maximum absolute atomic E-state index is 10.0. The Morgan fingerprint density at radius 2 is 1.27 bits per heavy atom. The van der Waals surface area contributed by atoms with Crippen LogP contribution in [0.25, 0.3) is 0 Å². The Balaban J connectivity index is -0.0000000617. The lowest BCUT2D eigenvalue weighted by molar-refractivity contribution is -0.114. The summed E-state index contributed by atoms with van der Waals surface area (Å²) < 4.78 is 0. The molecule has 0 N–H and O–H groups in total. The Kier molecular flexibility index (Phi) is 29.2. The largest absolute Gasteiger partial charge is 0.295 e. The number of carbonyl (C=O) groups is 2. The Morgan fingerprint density at radius 1 is 1.13 bits per heavy atom. The van der Waals surface area contributed by atoms with Crippen molar-refractivity contribution in [3.63, 3.8) is 0 Å². The third-order valence-electron chi connectivity index (χ3n) is 0.888. The van der Waals surface area contributed by atoms with E-state index in [2.05, 4.69) is 27.0 Å². The summed E-state index contributed by atoms with van der Waals surface area (Å²) in [5.74, 6) is 0.0833. The summed E-state index contributed by atoms with van der Waals surface area (Å²) in [4.78, 5) is 19.7. The van der Waals surface area contributed by atoms with Gasteiger partial charge in [0.15, 0.2) is 11.6 Å². The van der Waals surface area contributed by atoms with Gasteiger partial charge in [0.1, 0.15) is 0 Å². The van der Waals surface area contributed by atoms with Crippen LogP contribution in [-0.2, 0) is 9.59 Å². The van der Waals surface area contributed by atoms with Crippen LogP contribution in [0.1, 0.15) is 48.5 Å². The molecule has 0 aromatic carbocycles. The number of allylic oxidation sites excluding steroid dienone is 2. The van der Waals surface area contributed by atoms with E-state index >= 15 is 0 Å². The third kappa shape index (κ3) is 64.6. The molecule has 0 fully saturated rings. The van der Waals surface area contributed by atoms with Crippen LogP contribution in [0.5, 0.6) is 0 Å². The van der Waals surface area contributed by atoms with Crippen molar-refractivity contribution in [3.8, 4) is 0 Å². The molecule has 0 aromatic rings. The molecule has 0 atom stereocenters. The Bertz CT molecular complexity index is 179. The zero-order valence-electron chi connectivity index (χ0n) is 10.0. The van der Waals surface area contributed by atoms with Gasteiger partial charge < -0.3 is 0 Å². The molecule has 15 heavy (non-hydrogen) atoms. The molecular formula is C13H26O2. The average Bonchev–Trinajstić information content (AvgIpc) is 2.06. The molecule has 0 aliphatic heterocycles. The lowest BCUT2D eigenvalue weighted by Gasteiger charge is -1.80. The van der Waals surface area contributed by atoms with Crippen molar-refractivity contribution in [2.45, 2.75) is 48.5 Å². The van der Waals surface area contributed by atoms with Crippen LogP contribution in [0.15, 0.2) is 24.8 Å². The van der Waals surface area contributed by atoms with Crippen molar-refractivity contribution in [3.05, 3.63) is 24.8 Å². The molecule has 0 rings (SSSR count). The lowest BCUT2D eigenvalue weighted by atomic mass is 10.3. The van der Waals surface area contributed by atoms with E-state index in [9.17, 15) is 9.59 Å². The number of Topliss-reactive ketones (excluding diaryl/α,β-unsaturated/α-hetero) is 1. The average molecular weight is 214 g/mol. The number of ketones is 2. The van der Waals surface area contributed by atoms with Gasteiger partial charge in [-0.25, -0.2) is 0 Å². The predicted octanol–water partition coefficient (Wildman–Crippen LogP) is 3.97. The molecule has 0 saturated carbocycles. The van der Waals surface area contributed by atoms with Gasteiger partial charge in [-0.1, -0.05) is 40.9 Å². The predicted molar refractivity (Wildman–Crippen MR) is 69.1 cm³/mol. The van der Waals surface area contributed by atoms with Gasteiger partial charge in [-0.15, -0.1) is 0 Å². The molecule has 2 nitrogen and oxygen atoms in total. The first kappa shape index (κ1) is 23.6. The normalized spacial score (nSPS) is 6.47. The van der Waals surface area contributed by atoms with Crippen LogP contribution < -0.4 is 0 Å². The van der Waals surface area contributed by atoms with Crippen LogP contribution >= 0.6 is 0 Å². The van der Waals surface area contributed by atoms with Gasteiger partial charge in [0.2, 0.25) is 0 Å². The molecule has 0 aliphatic carbocycles. The summed E-state index contributed by atoms with van der Waals surface area (Å²) in [5, 5.41) is 0. The van der Waals surface area contributed by atoms with E-state index in [-0.39, 0.29) is 19.0 Å². The Hall–Kier alpha value is -1.18. The highest BCUT2D eigenvalue weighted by atomic mass is 16.1. The van der Waals surface area contributed by atoms with Gasteiger partial charge >= 0.3 is 0 Å². The minimum Gasteiger partial charge on any atom is -0.295 e. The molecule has 0 aromatic heterocycles. The van der Waals surface area contributed by atoms with Crippen LogP contribution in [0, 0.1) is 0 Å². The number of carbonyl (C=O) groups excluding carboxylic acids is 2. The van der Waals surface area contributed by atoms with Crippen molar-refractivity contribution >= 4 is 11.6 Å². The summed E-state index contributed by atoms with van der Waals surface area (Å²) in [6.07, 6.45) is 2.53. The molecule has 2 heteroatoms. The molecule has 0 radical (unpaired) electrons. The SMILES string of the molecule is C.C=C(C)C(C)=O.C=CC(C)=O.CCC. The molecule has 0 heterocycles. The molecule has 90 valence electrons. The second-order valence-corrected chi connectivity index (χ2v) is 2.86. The highest BCUT2D eigenvalue weighted by Crippen LogP contribution is 1.84. The van der Waals surface area contributed by atoms with Crippen molar-refractivity contribution in [2.75, 3.05) is 0 Å². The van der Waals surface area contributed by atoms with Crippen LogP contribution in [-0.4, -0.2) is 11.6 Å². The summed E-state index contributed by atoms with van der Waals surface area (Å²) in [5.41, 5.74) is 0.620. The van der Waals surface area contributed by atoms with E-state index in [4.69, 9.17) is 0 Å². The summed E-state index contributed by atoms with van der Waals surface area (Å²) >= 11 is 0. The maximum atomic E-state index is 10.0. The quantitative estimate of drug-likeness (QED) is 0.652. The number of hydrogen-bond donors (Lipinski definition) is 0. The fraction of sp³-hybridized carbons (Fsp3) is 0.538. The zero-order chi connectivity index (χ0) is 12.1. The van der Waals surface area contributed by atoms with Crippen LogP contribution in [0.2, 0.25) is 0 Å². The van der Waals surface area contributed by atoms with E-state index < -0.39 is 0 Å². The fourth-order valence-electron chi connectivity index (χ4n) is 0. The minimum atomic E-state index is 0. The van der Waals surface area contributed by atoms with E-state index in [0.29, 0.717) is 5.57 Å². The highest BCUT2D eigenvalue weighted by molar-refractivity contribution is 5.91. The molecule has 0 spiro atoms. The van der Waals surface area contributed by atoms with Gasteiger partial charge in [0, 0.05) is 0 Å². The lowest BCUT2D eigenvalue weighted by Crippen LogP contribution is -1.86. The first-order chi connectivity index (χ1) is 6.33. The second-order valence-electron chi connectivity index (χ2n) is 2.86. The van der Waals surface area contributed by atoms with Gasteiger partial charge in [0.05, 0.1) is 0 Å². The first-order valence-corrected chi connectivity index (χ1v) is 4.62. The summed E-state index contributed by atoms with van der Waals surface area (Å²) in [6.45, 7) is 15.5. The van der Waals surface area contributed by atoms with Crippen LogP contribution in [0.4, 0.5) is 0 Å². The second kappa shape index (κ2) is 18.6. The maximum Gasteiger partial charge on any atom is 0.154 e. The van der Waals surface area contributed by atoms with Gasteiger partial charge in [-0.05, 0) is 32.4 Å². The molecule has 0 amide bonds. The van der Waals surface area contributed by atoms with E-state index in [1.165, 1.54) is 26.3 Å². The molecular weight excluding hydrogens is 188 g/mol. The van der Waals surface area contributed by atoms with E-state index in [1.54, 1.807) is 6.92 Å².